The minimum absolute atomic E-state index is 0.0454. The number of phenols is 1. The molecule has 0 aliphatic heterocycles. The Kier molecular flexibility index (Phi) is 2.97. The number of aliphatic hydroxyl groups is 1. The third-order valence-corrected chi connectivity index (χ3v) is 4.37. The van der Waals surface area contributed by atoms with Crippen molar-refractivity contribution in [3.05, 3.63) is 53.8 Å². The van der Waals surface area contributed by atoms with Gasteiger partial charge < -0.3 is 10.2 Å². The molecule has 0 amide bonds. The van der Waals surface area contributed by atoms with Crippen LogP contribution in [0.1, 0.15) is 32.8 Å². The van der Waals surface area contributed by atoms with E-state index in [1.165, 1.54) is 5.56 Å². The second-order valence-electron chi connectivity index (χ2n) is 5.76. The highest BCUT2D eigenvalue weighted by Crippen LogP contribution is 2.47. The highest BCUT2D eigenvalue weighted by Gasteiger charge is 2.40. The molecule has 2 rings (SSSR count). The average molecular weight is 244 g/mol. The van der Waals surface area contributed by atoms with Gasteiger partial charge in [0, 0.05) is 0 Å². The van der Waals surface area contributed by atoms with Crippen LogP contribution >= 0.6 is 0 Å². The van der Waals surface area contributed by atoms with Crippen molar-refractivity contribution in [3.63, 3.8) is 0 Å². The van der Waals surface area contributed by atoms with E-state index in [0.29, 0.717) is 5.76 Å². The molecule has 0 radical (unpaired) electrons. The van der Waals surface area contributed by atoms with Gasteiger partial charge in [-0.05, 0) is 47.1 Å². The molecule has 1 aliphatic carbocycles. The summed E-state index contributed by atoms with van der Waals surface area (Å²) >= 11 is 0. The summed E-state index contributed by atoms with van der Waals surface area (Å²) in [6, 6.07) is 7.37. The van der Waals surface area contributed by atoms with Gasteiger partial charge in [0.1, 0.15) is 11.5 Å². The Hall–Kier alpha value is -1.70. The van der Waals surface area contributed by atoms with E-state index in [-0.39, 0.29) is 16.6 Å². The van der Waals surface area contributed by atoms with Gasteiger partial charge in [-0.15, -0.1) is 0 Å². The molecule has 1 unspecified atom stereocenters. The molecule has 2 nitrogen and oxygen atoms in total. The van der Waals surface area contributed by atoms with Gasteiger partial charge >= 0.3 is 0 Å². The third-order valence-electron chi connectivity index (χ3n) is 4.37. The molecule has 0 spiro atoms. The smallest absolute Gasteiger partial charge is 0.115 e. The van der Waals surface area contributed by atoms with Crippen molar-refractivity contribution in [2.24, 2.45) is 5.41 Å². The number of allylic oxidation sites excluding steroid dienone is 3. The SMILES string of the molecule is CC1(C(C)(C)c2ccc(O)cc2)C=CC(O)=CC1. The van der Waals surface area contributed by atoms with Crippen LogP contribution < -0.4 is 0 Å². The summed E-state index contributed by atoms with van der Waals surface area (Å²) in [5.74, 6) is 0.630. The second kappa shape index (κ2) is 4.20. The van der Waals surface area contributed by atoms with Gasteiger partial charge in [0.05, 0.1) is 0 Å². The van der Waals surface area contributed by atoms with Crippen LogP contribution in [0.2, 0.25) is 0 Å². The van der Waals surface area contributed by atoms with Gasteiger partial charge in [0.15, 0.2) is 0 Å². The zero-order chi connectivity index (χ0) is 13.4. The van der Waals surface area contributed by atoms with Gasteiger partial charge in [-0.1, -0.05) is 39.0 Å². The minimum atomic E-state index is -0.0750. The van der Waals surface area contributed by atoms with Gasteiger partial charge in [-0.3, -0.25) is 0 Å². The zero-order valence-electron chi connectivity index (χ0n) is 11.1. The van der Waals surface area contributed by atoms with Gasteiger partial charge in [0.25, 0.3) is 0 Å². The summed E-state index contributed by atoms with van der Waals surface area (Å²) in [5.41, 5.74) is 1.06. The Morgan fingerprint density at radius 2 is 1.72 bits per heavy atom. The summed E-state index contributed by atoms with van der Waals surface area (Å²) < 4.78 is 0. The Morgan fingerprint density at radius 1 is 1.11 bits per heavy atom. The number of phenolic OH excluding ortho intramolecular Hbond substituents is 1. The topological polar surface area (TPSA) is 40.5 Å². The summed E-state index contributed by atoms with van der Waals surface area (Å²) in [6.45, 7) is 6.58. The molecular weight excluding hydrogens is 224 g/mol. The largest absolute Gasteiger partial charge is 0.508 e. The van der Waals surface area contributed by atoms with E-state index in [2.05, 4.69) is 26.8 Å². The lowest BCUT2D eigenvalue weighted by Crippen LogP contribution is -2.38. The number of rotatable bonds is 2. The Labute approximate surface area is 108 Å². The zero-order valence-corrected chi connectivity index (χ0v) is 11.1. The molecule has 0 fully saturated rings. The summed E-state index contributed by atoms with van der Waals surface area (Å²) in [7, 11) is 0. The van der Waals surface area contributed by atoms with E-state index >= 15 is 0 Å². The van der Waals surface area contributed by atoms with E-state index < -0.39 is 0 Å². The van der Waals surface area contributed by atoms with Crippen molar-refractivity contribution < 1.29 is 10.2 Å². The standard InChI is InChI=1S/C16H20O2/c1-15(2,12-4-6-13(17)7-5-12)16(3)10-8-14(18)9-11-16/h4-10,17-18H,11H2,1-3H3. The van der Waals surface area contributed by atoms with Crippen molar-refractivity contribution in [2.45, 2.75) is 32.6 Å². The van der Waals surface area contributed by atoms with E-state index in [9.17, 15) is 10.2 Å². The van der Waals surface area contributed by atoms with Crippen molar-refractivity contribution in [3.8, 4) is 5.75 Å². The lowest BCUT2D eigenvalue weighted by molar-refractivity contribution is 0.233. The highest BCUT2D eigenvalue weighted by molar-refractivity contribution is 5.36. The molecule has 1 atom stereocenters. The third kappa shape index (κ3) is 2.03. The minimum Gasteiger partial charge on any atom is -0.508 e. The van der Waals surface area contributed by atoms with Crippen LogP contribution in [-0.4, -0.2) is 10.2 Å². The maximum Gasteiger partial charge on any atom is 0.115 e. The fourth-order valence-corrected chi connectivity index (χ4v) is 2.39. The molecule has 0 saturated carbocycles. The monoisotopic (exact) mass is 244 g/mol. The predicted octanol–water partition coefficient (Wildman–Crippen LogP) is 4.08. The number of benzene rings is 1. The molecule has 1 aromatic rings. The van der Waals surface area contributed by atoms with Crippen molar-refractivity contribution in [2.75, 3.05) is 0 Å². The molecule has 2 N–H and O–H groups in total. The van der Waals surface area contributed by atoms with Crippen LogP contribution in [0.3, 0.4) is 0 Å². The first kappa shape index (κ1) is 12.7. The van der Waals surface area contributed by atoms with Crippen LogP contribution in [0.15, 0.2) is 48.3 Å². The lowest BCUT2D eigenvalue weighted by atomic mass is 9.60. The predicted molar refractivity (Wildman–Crippen MR) is 73.7 cm³/mol. The van der Waals surface area contributed by atoms with Gasteiger partial charge in [-0.2, -0.15) is 0 Å². The summed E-state index contributed by atoms with van der Waals surface area (Å²) in [6.07, 6.45) is 6.52. The van der Waals surface area contributed by atoms with Crippen LogP contribution in [0, 0.1) is 5.41 Å². The second-order valence-corrected chi connectivity index (χ2v) is 5.76. The Balaban J connectivity index is 2.37. The van der Waals surface area contributed by atoms with Crippen LogP contribution in [0.25, 0.3) is 0 Å². The molecule has 1 aliphatic rings. The fourth-order valence-electron chi connectivity index (χ4n) is 2.39. The van der Waals surface area contributed by atoms with E-state index in [0.717, 1.165) is 6.42 Å². The van der Waals surface area contributed by atoms with Gasteiger partial charge in [0.2, 0.25) is 0 Å². The Bertz CT molecular complexity index is 494. The highest BCUT2D eigenvalue weighted by atomic mass is 16.3. The summed E-state index contributed by atoms with van der Waals surface area (Å²) in [4.78, 5) is 0. The molecule has 0 bridgehead atoms. The molecule has 1 aromatic carbocycles. The number of aliphatic hydroxyl groups excluding tert-OH is 1. The lowest BCUT2D eigenvalue weighted by Gasteiger charge is -2.43. The molecular formula is C16H20O2. The van der Waals surface area contributed by atoms with Gasteiger partial charge in [-0.25, -0.2) is 0 Å². The maximum atomic E-state index is 9.46. The first-order valence-electron chi connectivity index (χ1n) is 6.23. The first-order valence-corrected chi connectivity index (χ1v) is 6.23. The van der Waals surface area contributed by atoms with Crippen molar-refractivity contribution in [1.29, 1.82) is 0 Å². The van der Waals surface area contributed by atoms with E-state index in [4.69, 9.17) is 0 Å². The molecule has 0 aromatic heterocycles. The number of hydrogen-bond donors (Lipinski definition) is 2. The average Bonchev–Trinajstić information content (AvgIpc) is 2.33. The maximum absolute atomic E-state index is 9.46. The van der Waals surface area contributed by atoms with E-state index in [1.54, 1.807) is 18.2 Å². The number of aromatic hydroxyl groups is 1. The summed E-state index contributed by atoms with van der Waals surface area (Å²) in [5, 5.41) is 18.8. The molecule has 0 saturated heterocycles. The van der Waals surface area contributed by atoms with Crippen LogP contribution in [0.5, 0.6) is 5.75 Å². The quantitative estimate of drug-likeness (QED) is 0.823. The molecule has 2 heteroatoms. The van der Waals surface area contributed by atoms with Crippen LogP contribution in [-0.2, 0) is 5.41 Å². The molecule has 0 heterocycles. The number of hydrogen-bond acceptors (Lipinski definition) is 2. The molecule has 18 heavy (non-hydrogen) atoms. The normalized spacial score (nSPS) is 23.8. The van der Waals surface area contributed by atoms with E-state index in [1.807, 2.05) is 18.2 Å². The molecule has 96 valence electrons. The van der Waals surface area contributed by atoms with Crippen LogP contribution in [0.4, 0.5) is 0 Å². The Morgan fingerprint density at radius 3 is 2.22 bits per heavy atom. The first-order chi connectivity index (χ1) is 8.35. The van der Waals surface area contributed by atoms with Crippen molar-refractivity contribution in [1.82, 2.24) is 0 Å². The van der Waals surface area contributed by atoms with Crippen molar-refractivity contribution >= 4 is 0 Å². The fraction of sp³-hybridized carbons (Fsp3) is 0.375.